The number of aliphatic hydroxyl groups is 2. The lowest BCUT2D eigenvalue weighted by atomic mass is 9.91. The van der Waals surface area contributed by atoms with Crippen LogP contribution in [0.2, 0.25) is 0 Å². The van der Waals surface area contributed by atoms with E-state index >= 15 is 0 Å². The molecule has 1 amide bonds. The molecular weight excluding hydrogens is 584 g/mol. The molecule has 0 bridgehead atoms. The zero-order chi connectivity index (χ0) is 32.7. The van der Waals surface area contributed by atoms with Gasteiger partial charge in [0.05, 0.1) is 71.1 Å². The molecule has 1 aromatic carbocycles. The molecule has 0 saturated carbocycles. The van der Waals surface area contributed by atoms with Crippen molar-refractivity contribution in [2.75, 3.05) is 50.5 Å². The van der Waals surface area contributed by atoms with Crippen molar-refractivity contribution in [1.29, 1.82) is 0 Å². The number of amidine groups is 1. The molecule has 2 saturated heterocycles. The van der Waals surface area contributed by atoms with Gasteiger partial charge in [0.1, 0.15) is 17.8 Å². The van der Waals surface area contributed by atoms with Crippen LogP contribution in [-0.4, -0.2) is 92.4 Å². The highest BCUT2D eigenvalue weighted by atomic mass is 16.3. The molecule has 2 aromatic heterocycles. The van der Waals surface area contributed by atoms with E-state index in [1.165, 1.54) is 5.69 Å². The Bertz CT molecular complexity index is 1730. The first-order chi connectivity index (χ1) is 22.0. The Balaban J connectivity index is 1.21. The number of anilines is 2. The number of β-amino-alcohol motifs (C(OH)–C–C–N with tert-alkyl or cyclic N) is 1. The number of nitrogens with one attached hydrogen (secondary N) is 1. The molecule has 5 heterocycles. The van der Waals surface area contributed by atoms with Gasteiger partial charge < -0.3 is 36.8 Å². The SMILES string of the molecule is CCC1c2c(cnn2C2CN(Cc3cccc(C(=O)N4CC(C)(O)C4)n3)C2)-c2cccc(NC(=C/C(N)=NC)/C(N)=C\O)c2N1C. The van der Waals surface area contributed by atoms with E-state index in [0.29, 0.717) is 31.0 Å². The molecule has 0 radical (unpaired) electrons. The third kappa shape index (κ3) is 5.67. The average Bonchev–Trinajstić information content (AvgIpc) is 3.45. The Morgan fingerprint density at radius 3 is 2.59 bits per heavy atom. The van der Waals surface area contributed by atoms with Gasteiger partial charge in [-0.2, -0.15) is 5.10 Å². The van der Waals surface area contributed by atoms with Crippen molar-refractivity contribution in [2.24, 2.45) is 16.5 Å². The molecule has 46 heavy (non-hydrogen) atoms. The van der Waals surface area contributed by atoms with Gasteiger partial charge in [0.25, 0.3) is 5.91 Å². The largest absolute Gasteiger partial charge is 0.513 e. The number of carbonyl (C=O) groups is 1. The predicted octanol–water partition coefficient (Wildman–Crippen LogP) is 2.75. The third-order valence-electron chi connectivity index (χ3n) is 9.00. The molecule has 0 aliphatic carbocycles. The van der Waals surface area contributed by atoms with E-state index in [4.69, 9.17) is 16.6 Å². The van der Waals surface area contributed by atoms with E-state index in [-0.39, 0.29) is 29.5 Å². The van der Waals surface area contributed by atoms with Crippen molar-refractivity contribution in [3.05, 3.63) is 83.4 Å². The highest BCUT2D eigenvalue weighted by Gasteiger charge is 2.41. The van der Waals surface area contributed by atoms with E-state index in [1.807, 2.05) is 30.5 Å². The Hall–Kier alpha value is -4.88. The van der Waals surface area contributed by atoms with Crippen LogP contribution in [0.4, 0.5) is 11.4 Å². The first-order valence-corrected chi connectivity index (χ1v) is 15.5. The van der Waals surface area contributed by atoms with Gasteiger partial charge >= 0.3 is 0 Å². The first-order valence-electron chi connectivity index (χ1n) is 15.5. The van der Waals surface area contributed by atoms with Gasteiger partial charge in [-0.15, -0.1) is 0 Å². The number of aromatic nitrogens is 3. The van der Waals surface area contributed by atoms with E-state index in [9.17, 15) is 15.0 Å². The van der Waals surface area contributed by atoms with Crippen LogP contribution in [0.3, 0.4) is 0 Å². The summed E-state index contributed by atoms with van der Waals surface area (Å²) in [6.45, 7) is 6.84. The number of pyridine rings is 1. The van der Waals surface area contributed by atoms with Crippen LogP contribution in [0.1, 0.15) is 54.2 Å². The van der Waals surface area contributed by atoms with Crippen LogP contribution in [0.25, 0.3) is 11.1 Å². The number of hydrogen-bond donors (Lipinski definition) is 5. The number of nitrogens with zero attached hydrogens (tertiary/aromatic N) is 7. The lowest BCUT2D eigenvalue weighted by molar-refractivity contribution is -0.0670. The molecule has 3 aliphatic rings. The Labute approximate surface area is 268 Å². The molecule has 13 heteroatoms. The van der Waals surface area contributed by atoms with Crippen LogP contribution >= 0.6 is 0 Å². The number of nitrogens with two attached hydrogens (primary N) is 2. The van der Waals surface area contributed by atoms with Gasteiger partial charge in [-0.3, -0.25) is 19.4 Å². The van der Waals surface area contributed by atoms with Crippen molar-refractivity contribution in [3.8, 4) is 11.1 Å². The van der Waals surface area contributed by atoms with Gasteiger partial charge in [0, 0.05) is 50.9 Å². The molecular formula is C33H42N10O3. The van der Waals surface area contributed by atoms with E-state index in [2.05, 4.69) is 49.8 Å². The minimum atomic E-state index is -0.815. The van der Waals surface area contributed by atoms with Crippen molar-refractivity contribution in [1.82, 2.24) is 24.6 Å². The molecule has 3 aromatic rings. The zero-order valence-corrected chi connectivity index (χ0v) is 26.7. The molecule has 2 fully saturated rings. The summed E-state index contributed by atoms with van der Waals surface area (Å²) in [6.07, 6.45) is 5.26. The number of benzene rings is 1. The molecule has 0 spiro atoms. The Kier molecular flexibility index (Phi) is 8.21. The molecule has 13 nitrogen and oxygen atoms in total. The zero-order valence-electron chi connectivity index (χ0n) is 26.7. The number of fused-ring (bicyclic) bond motifs is 3. The molecule has 1 unspecified atom stereocenters. The summed E-state index contributed by atoms with van der Waals surface area (Å²) >= 11 is 0. The number of hydrogen-bond acceptors (Lipinski definition) is 10. The van der Waals surface area contributed by atoms with Crippen LogP contribution in [0.15, 0.2) is 71.3 Å². The number of rotatable bonds is 9. The molecule has 6 rings (SSSR count). The number of aliphatic imine (C=N–C) groups is 1. The topological polar surface area (TPSA) is 174 Å². The Morgan fingerprint density at radius 2 is 1.91 bits per heavy atom. The molecule has 242 valence electrons. The number of aliphatic hydroxyl groups excluding tert-OH is 1. The van der Waals surface area contributed by atoms with Gasteiger partial charge in [0.15, 0.2) is 0 Å². The lowest BCUT2D eigenvalue weighted by Gasteiger charge is -2.44. The average molecular weight is 627 g/mol. The normalized spacial score (nSPS) is 20.1. The number of amides is 1. The monoisotopic (exact) mass is 626 g/mol. The number of para-hydroxylation sites is 1. The minimum absolute atomic E-state index is 0.0778. The fourth-order valence-corrected chi connectivity index (χ4v) is 6.69. The first kappa shape index (κ1) is 31.1. The van der Waals surface area contributed by atoms with Crippen LogP contribution < -0.4 is 21.7 Å². The quantitative estimate of drug-likeness (QED) is 0.103. The predicted molar refractivity (Wildman–Crippen MR) is 178 cm³/mol. The van der Waals surface area contributed by atoms with Gasteiger partial charge in [-0.05, 0) is 31.5 Å². The summed E-state index contributed by atoms with van der Waals surface area (Å²) in [5.41, 5.74) is 18.2. The fraction of sp³-hybridized carbons (Fsp3) is 0.394. The standard InChI is InChI=1S/C33H42N10O3/c1-5-28-31-23(22-9-7-10-25(30(22)40(28)4)39-27(24(34)17-44)12-29(35)36-3)13-37-43(31)21-15-41(16-21)14-20-8-6-11-26(38-20)32(45)42-18-33(2,46)19-42/h6-13,17,21,28,39,44,46H,5,14-16,18-19,34H2,1-4H3,(H2,35,36)/b24-17+,27-12+. The van der Waals surface area contributed by atoms with Gasteiger partial charge in [0.2, 0.25) is 0 Å². The summed E-state index contributed by atoms with van der Waals surface area (Å²) in [6, 6.07) is 11.9. The molecule has 3 aliphatic heterocycles. The van der Waals surface area contributed by atoms with Gasteiger partial charge in [-0.1, -0.05) is 25.1 Å². The number of carbonyl (C=O) groups excluding carboxylic acids is 1. The summed E-state index contributed by atoms with van der Waals surface area (Å²) in [5.74, 6) is 0.125. The van der Waals surface area contributed by atoms with E-state index < -0.39 is 5.60 Å². The molecule has 1 atom stereocenters. The van der Waals surface area contributed by atoms with Crippen LogP contribution in [0, 0.1) is 0 Å². The second kappa shape index (κ2) is 12.1. The van der Waals surface area contributed by atoms with E-state index in [1.54, 1.807) is 31.0 Å². The Morgan fingerprint density at radius 1 is 1.17 bits per heavy atom. The summed E-state index contributed by atoms with van der Waals surface area (Å²) < 4.78 is 2.18. The maximum Gasteiger partial charge on any atom is 0.272 e. The number of likely N-dealkylation sites (tertiary alicyclic amines) is 2. The third-order valence-corrected chi connectivity index (χ3v) is 9.00. The van der Waals surface area contributed by atoms with Gasteiger partial charge in [-0.25, -0.2) is 4.98 Å². The van der Waals surface area contributed by atoms with Crippen molar-refractivity contribution in [2.45, 2.75) is 44.5 Å². The second-order valence-corrected chi connectivity index (χ2v) is 12.6. The summed E-state index contributed by atoms with van der Waals surface area (Å²) in [4.78, 5) is 27.7. The molecule has 7 N–H and O–H groups in total. The highest BCUT2D eigenvalue weighted by molar-refractivity contribution is 5.95. The maximum atomic E-state index is 12.8. The van der Waals surface area contributed by atoms with Crippen molar-refractivity contribution in [3.63, 3.8) is 0 Å². The van der Waals surface area contributed by atoms with E-state index in [0.717, 1.165) is 54.0 Å². The highest BCUT2D eigenvalue weighted by Crippen LogP contribution is 2.49. The minimum Gasteiger partial charge on any atom is -0.513 e. The smallest absolute Gasteiger partial charge is 0.272 e. The second-order valence-electron chi connectivity index (χ2n) is 12.6. The summed E-state index contributed by atoms with van der Waals surface area (Å²) in [7, 11) is 3.68. The lowest BCUT2D eigenvalue weighted by Crippen LogP contribution is -2.61. The summed E-state index contributed by atoms with van der Waals surface area (Å²) in [5, 5.41) is 27.9. The fourth-order valence-electron chi connectivity index (χ4n) is 6.69. The van der Waals surface area contributed by atoms with Crippen LogP contribution in [-0.2, 0) is 6.54 Å². The van der Waals surface area contributed by atoms with Crippen molar-refractivity contribution >= 4 is 23.1 Å². The van der Waals surface area contributed by atoms with Crippen LogP contribution in [0.5, 0.6) is 0 Å². The van der Waals surface area contributed by atoms with Crippen molar-refractivity contribution < 1.29 is 15.0 Å². The maximum absolute atomic E-state index is 12.8.